The Hall–Kier alpha value is -2.70. The number of amides is 1. The van der Waals surface area contributed by atoms with Gasteiger partial charge in [0.2, 0.25) is 15.9 Å². The van der Waals surface area contributed by atoms with Gasteiger partial charge in [0.25, 0.3) is 0 Å². The minimum Gasteiger partial charge on any atom is -0.343 e. The molecule has 1 amide bonds. The number of likely N-dealkylation sites (tertiary alicyclic amines) is 1. The van der Waals surface area contributed by atoms with E-state index in [1.165, 1.54) is 11.1 Å². The molecule has 1 aliphatic carbocycles. The number of sulfonamides is 1. The van der Waals surface area contributed by atoms with Gasteiger partial charge in [-0.3, -0.25) is 4.79 Å². The molecule has 3 aromatic rings. The van der Waals surface area contributed by atoms with Gasteiger partial charge in [-0.25, -0.2) is 12.7 Å². The molecule has 0 bridgehead atoms. The standard InChI is InChI=1S/C31H36N2O3S/c34-30(22-24-20-27-7-1-2-8-28(27)21-24)32-16-13-31(14-17-32)15-18-33(23-31)37(35,36)19-12-26-10-5-9-25-6-3-4-11-29(25)26/h1-11,24H,12-23H2. The van der Waals surface area contributed by atoms with Crippen LogP contribution in [0.3, 0.4) is 0 Å². The van der Waals surface area contributed by atoms with Gasteiger partial charge in [-0.15, -0.1) is 0 Å². The van der Waals surface area contributed by atoms with E-state index < -0.39 is 10.0 Å². The predicted molar refractivity (Wildman–Crippen MR) is 148 cm³/mol. The van der Waals surface area contributed by atoms with Crippen LogP contribution in [0.15, 0.2) is 66.7 Å². The lowest BCUT2D eigenvalue weighted by Gasteiger charge is -2.39. The van der Waals surface area contributed by atoms with Crippen molar-refractivity contribution in [1.82, 2.24) is 9.21 Å². The molecule has 0 N–H and O–H groups in total. The predicted octanol–water partition coefficient (Wildman–Crippen LogP) is 4.83. The second-order valence-electron chi connectivity index (χ2n) is 11.4. The molecule has 5 nitrogen and oxygen atoms in total. The fourth-order valence-corrected chi connectivity index (χ4v) is 8.40. The zero-order valence-corrected chi connectivity index (χ0v) is 22.3. The molecule has 0 radical (unpaired) electrons. The summed E-state index contributed by atoms with van der Waals surface area (Å²) in [6.07, 6.45) is 5.87. The van der Waals surface area contributed by atoms with E-state index in [0.717, 1.165) is 61.5 Å². The highest BCUT2D eigenvalue weighted by Gasteiger charge is 2.44. The summed E-state index contributed by atoms with van der Waals surface area (Å²) in [4.78, 5) is 15.1. The Morgan fingerprint density at radius 2 is 1.49 bits per heavy atom. The summed E-state index contributed by atoms with van der Waals surface area (Å²) in [5, 5.41) is 2.29. The van der Waals surface area contributed by atoms with E-state index in [1.807, 2.05) is 29.2 Å². The molecule has 2 aliphatic heterocycles. The van der Waals surface area contributed by atoms with Gasteiger partial charge < -0.3 is 4.90 Å². The molecular weight excluding hydrogens is 480 g/mol. The van der Waals surface area contributed by atoms with Crippen molar-refractivity contribution in [2.75, 3.05) is 31.9 Å². The smallest absolute Gasteiger partial charge is 0.222 e. The third-order valence-electron chi connectivity index (χ3n) is 9.08. The first-order valence-corrected chi connectivity index (χ1v) is 15.3. The number of carbonyl (C=O) groups excluding carboxylic acids is 1. The summed E-state index contributed by atoms with van der Waals surface area (Å²) in [5.74, 6) is 0.825. The summed E-state index contributed by atoms with van der Waals surface area (Å²) in [6, 6.07) is 22.8. The van der Waals surface area contributed by atoms with Crippen molar-refractivity contribution in [3.05, 3.63) is 83.4 Å². The van der Waals surface area contributed by atoms with Crippen LogP contribution in [0, 0.1) is 11.3 Å². The number of nitrogens with zero attached hydrogens (tertiary/aromatic N) is 2. The Bertz CT molecular complexity index is 1380. The number of rotatable bonds is 6. The number of hydrogen-bond donors (Lipinski definition) is 0. The quantitative estimate of drug-likeness (QED) is 0.472. The zero-order chi connectivity index (χ0) is 25.5. The van der Waals surface area contributed by atoms with Crippen molar-refractivity contribution in [2.24, 2.45) is 11.3 Å². The van der Waals surface area contributed by atoms with Gasteiger partial charge in [0, 0.05) is 32.6 Å². The number of carbonyl (C=O) groups is 1. The Morgan fingerprint density at radius 1 is 0.838 bits per heavy atom. The van der Waals surface area contributed by atoms with Crippen LogP contribution in [0.25, 0.3) is 10.8 Å². The lowest BCUT2D eigenvalue weighted by molar-refractivity contribution is -0.134. The molecule has 6 heteroatoms. The third kappa shape index (κ3) is 5.06. The van der Waals surface area contributed by atoms with Crippen LogP contribution in [-0.2, 0) is 34.1 Å². The molecular formula is C31H36N2O3S. The van der Waals surface area contributed by atoms with E-state index in [1.54, 1.807) is 4.31 Å². The largest absolute Gasteiger partial charge is 0.343 e. The number of fused-ring (bicyclic) bond motifs is 2. The SMILES string of the molecule is O=C(CC1Cc2ccccc2C1)N1CCC2(CC1)CCN(S(=O)(=O)CCc1cccc3ccccc13)C2. The molecule has 3 aromatic carbocycles. The highest BCUT2D eigenvalue weighted by atomic mass is 32.2. The Kier molecular flexibility index (Phi) is 6.58. The molecule has 2 heterocycles. The first-order chi connectivity index (χ1) is 17.9. The Balaban J connectivity index is 1.02. The molecule has 2 fully saturated rings. The number of piperidine rings is 1. The zero-order valence-electron chi connectivity index (χ0n) is 21.4. The van der Waals surface area contributed by atoms with Crippen LogP contribution < -0.4 is 0 Å². The fraction of sp³-hybridized carbons (Fsp3) is 0.452. The Morgan fingerprint density at radius 3 is 2.24 bits per heavy atom. The van der Waals surface area contributed by atoms with E-state index in [2.05, 4.69) is 42.5 Å². The lowest BCUT2D eigenvalue weighted by atomic mass is 9.77. The average Bonchev–Trinajstić information content (AvgIpc) is 3.52. The molecule has 194 valence electrons. The van der Waals surface area contributed by atoms with E-state index in [4.69, 9.17) is 0 Å². The first kappa shape index (κ1) is 24.6. The van der Waals surface area contributed by atoms with Gasteiger partial charge in [0.1, 0.15) is 0 Å². The third-order valence-corrected chi connectivity index (χ3v) is 10.9. The van der Waals surface area contributed by atoms with Gasteiger partial charge in [-0.2, -0.15) is 0 Å². The number of hydrogen-bond acceptors (Lipinski definition) is 3. The van der Waals surface area contributed by atoms with Gasteiger partial charge >= 0.3 is 0 Å². The van der Waals surface area contributed by atoms with Crippen LogP contribution in [0.2, 0.25) is 0 Å². The van der Waals surface area contributed by atoms with Crippen LogP contribution in [0.5, 0.6) is 0 Å². The van der Waals surface area contributed by atoms with Crippen molar-refractivity contribution in [3.8, 4) is 0 Å². The highest BCUT2D eigenvalue weighted by Crippen LogP contribution is 2.42. The van der Waals surface area contributed by atoms with Crippen molar-refractivity contribution < 1.29 is 13.2 Å². The molecule has 0 aromatic heterocycles. The van der Waals surface area contributed by atoms with Crippen molar-refractivity contribution in [1.29, 1.82) is 0 Å². The molecule has 6 rings (SSSR count). The van der Waals surface area contributed by atoms with E-state index in [0.29, 0.717) is 31.8 Å². The summed E-state index contributed by atoms with van der Waals surface area (Å²) in [6.45, 7) is 2.71. The van der Waals surface area contributed by atoms with Crippen molar-refractivity contribution in [2.45, 2.75) is 44.9 Å². The molecule has 2 saturated heterocycles. The van der Waals surface area contributed by atoms with Crippen LogP contribution in [-0.4, -0.2) is 55.5 Å². The van der Waals surface area contributed by atoms with Gasteiger partial charge in [0.05, 0.1) is 5.75 Å². The van der Waals surface area contributed by atoms with Gasteiger partial charge in [-0.05, 0) is 77.3 Å². The molecule has 0 saturated carbocycles. The summed E-state index contributed by atoms with van der Waals surface area (Å²) in [5.41, 5.74) is 3.90. The second kappa shape index (κ2) is 9.88. The van der Waals surface area contributed by atoms with Gasteiger partial charge in [0.15, 0.2) is 0 Å². The Labute approximate surface area is 220 Å². The summed E-state index contributed by atoms with van der Waals surface area (Å²) < 4.78 is 28.3. The maximum Gasteiger partial charge on any atom is 0.222 e. The lowest BCUT2D eigenvalue weighted by Crippen LogP contribution is -2.45. The molecule has 0 atom stereocenters. The van der Waals surface area contributed by atoms with Crippen molar-refractivity contribution >= 4 is 26.7 Å². The minimum absolute atomic E-state index is 0.0207. The van der Waals surface area contributed by atoms with Crippen LogP contribution in [0.4, 0.5) is 0 Å². The topological polar surface area (TPSA) is 57.7 Å². The summed E-state index contributed by atoms with van der Waals surface area (Å²) >= 11 is 0. The molecule has 0 unspecified atom stereocenters. The van der Waals surface area contributed by atoms with Crippen molar-refractivity contribution in [3.63, 3.8) is 0 Å². The van der Waals surface area contributed by atoms with E-state index in [9.17, 15) is 13.2 Å². The second-order valence-corrected chi connectivity index (χ2v) is 13.5. The van der Waals surface area contributed by atoms with Crippen LogP contribution >= 0.6 is 0 Å². The van der Waals surface area contributed by atoms with Crippen LogP contribution in [0.1, 0.15) is 42.4 Å². The normalized spacial score (nSPS) is 20.1. The average molecular weight is 517 g/mol. The fourth-order valence-electron chi connectivity index (χ4n) is 6.82. The monoisotopic (exact) mass is 516 g/mol. The first-order valence-electron chi connectivity index (χ1n) is 13.7. The highest BCUT2D eigenvalue weighted by molar-refractivity contribution is 7.89. The van der Waals surface area contributed by atoms with E-state index >= 15 is 0 Å². The van der Waals surface area contributed by atoms with Gasteiger partial charge in [-0.1, -0.05) is 66.7 Å². The summed E-state index contributed by atoms with van der Waals surface area (Å²) in [7, 11) is -3.32. The molecule has 1 spiro atoms. The molecule has 37 heavy (non-hydrogen) atoms. The number of benzene rings is 3. The number of aryl methyl sites for hydroxylation is 1. The van der Waals surface area contributed by atoms with E-state index in [-0.39, 0.29) is 17.1 Å². The maximum atomic E-state index is 13.3. The minimum atomic E-state index is -3.32. The molecule has 3 aliphatic rings. The maximum absolute atomic E-state index is 13.3.